The summed E-state index contributed by atoms with van der Waals surface area (Å²) >= 11 is 0. The molecule has 4 nitrogen and oxygen atoms in total. The normalized spacial score (nSPS) is 11.5. The van der Waals surface area contributed by atoms with E-state index in [0.29, 0.717) is 6.73 Å². The molecule has 0 unspecified atom stereocenters. The van der Waals surface area contributed by atoms with Gasteiger partial charge in [-0.25, -0.2) is 0 Å². The smallest absolute Gasteiger partial charge is 0.0965 e. The highest BCUT2D eigenvalue weighted by Gasteiger charge is 1.95. The van der Waals surface area contributed by atoms with E-state index in [0.717, 1.165) is 58.1 Å². The van der Waals surface area contributed by atoms with Crippen LogP contribution >= 0.6 is 0 Å². The van der Waals surface area contributed by atoms with Crippen LogP contribution in [-0.2, 0) is 9.47 Å². The lowest BCUT2D eigenvalue weighted by atomic mass is 10.1. The first-order chi connectivity index (χ1) is 10.8. The lowest BCUT2D eigenvalue weighted by Gasteiger charge is -2.08. The van der Waals surface area contributed by atoms with Crippen molar-refractivity contribution < 1.29 is 9.47 Å². The number of unbranched alkanes of at least 4 members (excludes halogenated alkanes) is 6. The van der Waals surface area contributed by atoms with Gasteiger partial charge in [-0.05, 0) is 51.1 Å². The van der Waals surface area contributed by atoms with Crippen LogP contribution in [0.5, 0.6) is 0 Å². The molecule has 0 saturated carbocycles. The quantitative estimate of drug-likeness (QED) is 0.299. The van der Waals surface area contributed by atoms with Gasteiger partial charge in [-0.15, -0.1) is 0 Å². The Balaban J connectivity index is 2.94. The van der Waals surface area contributed by atoms with Crippen LogP contribution in [0.1, 0.15) is 71.6 Å². The average Bonchev–Trinajstić information content (AvgIpc) is 2.50. The van der Waals surface area contributed by atoms with Crippen molar-refractivity contribution in [3.63, 3.8) is 0 Å². The second kappa shape index (κ2) is 18.9. The molecule has 22 heavy (non-hydrogen) atoms. The third-order valence-electron chi connectivity index (χ3n) is 3.68. The van der Waals surface area contributed by atoms with Crippen molar-refractivity contribution in [3.8, 4) is 0 Å². The Morgan fingerprint density at radius 3 is 2.09 bits per heavy atom. The first-order valence-corrected chi connectivity index (χ1v) is 9.33. The highest BCUT2D eigenvalue weighted by molar-refractivity contribution is 4.48. The van der Waals surface area contributed by atoms with Gasteiger partial charge in [0.05, 0.1) is 6.73 Å². The Labute approximate surface area is 138 Å². The van der Waals surface area contributed by atoms with Gasteiger partial charge in [0.1, 0.15) is 0 Å². The van der Waals surface area contributed by atoms with Crippen LogP contribution in [0.3, 0.4) is 0 Å². The molecule has 3 N–H and O–H groups in total. The van der Waals surface area contributed by atoms with Crippen LogP contribution in [0.4, 0.5) is 0 Å². The summed E-state index contributed by atoms with van der Waals surface area (Å²) in [5, 5.41) is 3.34. The minimum atomic E-state index is 0.682. The van der Waals surface area contributed by atoms with Crippen LogP contribution in [0.15, 0.2) is 0 Å². The minimum absolute atomic E-state index is 0.682. The molecular formula is C18H40N2O2. The Kier molecular flexibility index (Phi) is 18.8. The summed E-state index contributed by atoms with van der Waals surface area (Å²) in [7, 11) is 0. The van der Waals surface area contributed by atoms with E-state index >= 15 is 0 Å². The topological polar surface area (TPSA) is 56.5 Å². The summed E-state index contributed by atoms with van der Waals surface area (Å²) in [6.45, 7) is 9.64. The van der Waals surface area contributed by atoms with Crippen molar-refractivity contribution in [3.05, 3.63) is 0 Å². The average molecular weight is 317 g/mol. The van der Waals surface area contributed by atoms with Crippen LogP contribution in [0, 0.1) is 5.92 Å². The fourth-order valence-corrected chi connectivity index (χ4v) is 2.15. The number of hydrogen-bond acceptors (Lipinski definition) is 4. The van der Waals surface area contributed by atoms with Gasteiger partial charge in [0, 0.05) is 19.8 Å². The number of nitrogens with two attached hydrogens (primary N) is 1. The molecule has 0 aliphatic rings. The molecule has 0 amide bonds. The van der Waals surface area contributed by atoms with E-state index in [1.165, 1.54) is 38.5 Å². The predicted octanol–water partition coefficient (Wildman–Crippen LogP) is 3.69. The van der Waals surface area contributed by atoms with E-state index in [-0.39, 0.29) is 0 Å². The van der Waals surface area contributed by atoms with Crippen LogP contribution in [0.25, 0.3) is 0 Å². The Morgan fingerprint density at radius 1 is 0.773 bits per heavy atom. The third-order valence-corrected chi connectivity index (χ3v) is 3.68. The highest BCUT2D eigenvalue weighted by atomic mass is 16.5. The van der Waals surface area contributed by atoms with Crippen molar-refractivity contribution in [2.45, 2.75) is 71.6 Å². The SMILES string of the molecule is CC(C)CCOCCCCOCNCCCCCCCCN. The Morgan fingerprint density at radius 2 is 1.41 bits per heavy atom. The monoisotopic (exact) mass is 316 g/mol. The zero-order chi connectivity index (χ0) is 16.3. The minimum Gasteiger partial charge on any atom is -0.381 e. The van der Waals surface area contributed by atoms with Gasteiger partial charge in [0.2, 0.25) is 0 Å². The molecule has 0 saturated heterocycles. The summed E-state index contributed by atoms with van der Waals surface area (Å²) in [6, 6.07) is 0. The Hall–Kier alpha value is -0.160. The molecular weight excluding hydrogens is 276 g/mol. The van der Waals surface area contributed by atoms with Crippen molar-refractivity contribution in [2.24, 2.45) is 11.7 Å². The number of rotatable bonds is 18. The summed E-state index contributed by atoms with van der Waals surface area (Å²) < 4.78 is 11.1. The molecule has 134 valence electrons. The van der Waals surface area contributed by atoms with Gasteiger partial charge in [-0.1, -0.05) is 39.5 Å². The predicted molar refractivity (Wildman–Crippen MR) is 95.1 cm³/mol. The Bertz CT molecular complexity index is 202. The van der Waals surface area contributed by atoms with Crippen molar-refractivity contribution in [1.29, 1.82) is 0 Å². The molecule has 0 bridgehead atoms. The lowest BCUT2D eigenvalue weighted by molar-refractivity contribution is 0.0904. The summed E-state index contributed by atoms with van der Waals surface area (Å²) in [6.07, 6.45) is 11.0. The number of nitrogens with one attached hydrogen (secondary N) is 1. The largest absolute Gasteiger partial charge is 0.381 e. The molecule has 0 radical (unpaired) electrons. The molecule has 0 spiro atoms. The zero-order valence-electron chi connectivity index (χ0n) is 15.1. The maximum Gasteiger partial charge on any atom is 0.0965 e. The standard InChI is InChI=1S/C18H40N2O2/c1-18(2)11-16-21-14-9-10-15-22-17-20-13-8-6-4-3-5-7-12-19/h18,20H,3-17,19H2,1-2H3. The number of hydrogen-bond donors (Lipinski definition) is 2. The molecule has 0 rings (SSSR count). The molecule has 0 heterocycles. The van der Waals surface area contributed by atoms with Gasteiger partial charge < -0.3 is 15.2 Å². The van der Waals surface area contributed by atoms with Crippen LogP contribution in [0.2, 0.25) is 0 Å². The van der Waals surface area contributed by atoms with Gasteiger partial charge >= 0.3 is 0 Å². The maximum absolute atomic E-state index is 5.57. The van der Waals surface area contributed by atoms with Gasteiger partial charge in [-0.3, -0.25) is 5.32 Å². The van der Waals surface area contributed by atoms with Gasteiger partial charge in [-0.2, -0.15) is 0 Å². The van der Waals surface area contributed by atoms with Crippen molar-refractivity contribution >= 4 is 0 Å². The first kappa shape index (κ1) is 21.8. The van der Waals surface area contributed by atoms with E-state index in [1.807, 2.05) is 0 Å². The molecule has 0 aromatic carbocycles. The zero-order valence-corrected chi connectivity index (χ0v) is 15.1. The molecule has 0 aromatic rings. The van der Waals surface area contributed by atoms with Gasteiger partial charge in [0.25, 0.3) is 0 Å². The molecule has 0 fully saturated rings. The van der Waals surface area contributed by atoms with E-state index in [2.05, 4.69) is 19.2 Å². The van der Waals surface area contributed by atoms with E-state index in [4.69, 9.17) is 15.2 Å². The van der Waals surface area contributed by atoms with E-state index in [9.17, 15) is 0 Å². The molecule has 4 heteroatoms. The van der Waals surface area contributed by atoms with Crippen LogP contribution < -0.4 is 11.1 Å². The van der Waals surface area contributed by atoms with E-state index in [1.54, 1.807) is 0 Å². The number of ether oxygens (including phenoxy) is 2. The molecule has 0 aromatic heterocycles. The molecule has 0 atom stereocenters. The van der Waals surface area contributed by atoms with Crippen molar-refractivity contribution in [1.82, 2.24) is 5.32 Å². The third kappa shape index (κ3) is 19.8. The van der Waals surface area contributed by atoms with Gasteiger partial charge in [0.15, 0.2) is 0 Å². The first-order valence-electron chi connectivity index (χ1n) is 9.33. The van der Waals surface area contributed by atoms with Crippen molar-refractivity contribution in [2.75, 3.05) is 39.6 Å². The summed E-state index contributed by atoms with van der Waals surface area (Å²) in [5.74, 6) is 0.736. The molecule has 0 aliphatic carbocycles. The second-order valence-corrected chi connectivity index (χ2v) is 6.46. The lowest BCUT2D eigenvalue weighted by Crippen LogP contribution is -2.19. The highest BCUT2D eigenvalue weighted by Crippen LogP contribution is 2.04. The molecule has 0 aliphatic heterocycles. The summed E-state index contributed by atoms with van der Waals surface area (Å²) in [5.41, 5.74) is 5.47. The fraction of sp³-hybridized carbons (Fsp3) is 1.00. The van der Waals surface area contributed by atoms with E-state index < -0.39 is 0 Å². The fourth-order valence-electron chi connectivity index (χ4n) is 2.15. The summed E-state index contributed by atoms with van der Waals surface area (Å²) in [4.78, 5) is 0. The maximum atomic E-state index is 5.57. The second-order valence-electron chi connectivity index (χ2n) is 6.46. The van der Waals surface area contributed by atoms with Crippen LogP contribution in [-0.4, -0.2) is 39.6 Å².